The molecule has 1 rings (SSSR count). The monoisotopic (exact) mass is 382 g/mol. The average Bonchev–Trinajstić information content (AvgIpc) is 2.88. The van der Waals surface area contributed by atoms with E-state index in [0.717, 1.165) is 44.9 Å². The topological polar surface area (TPSA) is 94.8 Å². The van der Waals surface area contributed by atoms with Gasteiger partial charge in [-0.25, -0.2) is 0 Å². The van der Waals surface area contributed by atoms with Gasteiger partial charge in [0, 0.05) is 24.7 Å². The predicted molar refractivity (Wildman–Crippen MR) is 106 cm³/mol. The molecule has 0 aliphatic heterocycles. The highest BCUT2D eigenvalue weighted by Gasteiger charge is 2.39. The lowest BCUT2D eigenvalue weighted by molar-refractivity contribution is -0.137. The number of hydrogen-bond donors (Lipinski definition) is 3. The van der Waals surface area contributed by atoms with Gasteiger partial charge < -0.3 is 15.3 Å². The molecule has 0 radical (unpaired) electrons. The summed E-state index contributed by atoms with van der Waals surface area (Å²) in [5, 5.41) is 29.0. The maximum absolute atomic E-state index is 12.2. The van der Waals surface area contributed by atoms with Crippen molar-refractivity contribution >= 4 is 11.8 Å². The zero-order valence-electron chi connectivity index (χ0n) is 16.8. The van der Waals surface area contributed by atoms with Gasteiger partial charge in [0.1, 0.15) is 5.78 Å². The average molecular weight is 383 g/mol. The van der Waals surface area contributed by atoms with E-state index in [2.05, 4.69) is 6.92 Å². The molecule has 156 valence electrons. The minimum Gasteiger partial charge on any atom is -0.481 e. The Bertz CT molecular complexity index is 460. The molecule has 5 nitrogen and oxygen atoms in total. The van der Waals surface area contributed by atoms with Crippen molar-refractivity contribution in [3.63, 3.8) is 0 Å². The van der Waals surface area contributed by atoms with Gasteiger partial charge in [-0.3, -0.25) is 9.59 Å². The van der Waals surface area contributed by atoms with Crippen LogP contribution in [0.2, 0.25) is 0 Å². The van der Waals surface area contributed by atoms with Crippen molar-refractivity contribution in [3.05, 3.63) is 12.2 Å². The molecule has 4 atom stereocenters. The van der Waals surface area contributed by atoms with Crippen molar-refractivity contribution in [2.24, 2.45) is 11.8 Å². The summed E-state index contributed by atoms with van der Waals surface area (Å²) in [5.74, 6) is -1.03. The first-order valence-corrected chi connectivity index (χ1v) is 10.7. The number of aliphatic hydroxyl groups is 2. The van der Waals surface area contributed by atoms with E-state index in [-0.39, 0.29) is 30.5 Å². The minimum absolute atomic E-state index is 0.108. The summed E-state index contributed by atoms with van der Waals surface area (Å²) >= 11 is 0. The SMILES string of the molecule is CCCCCCC[C@H](O)/C=C/C1[C@H](O)CC(=O)[C@@H]1CCCCCCC(=O)O. The fourth-order valence-electron chi connectivity index (χ4n) is 3.90. The first kappa shape index (κ1) is 23.8. The van der Waals surface area contributed by atoms with E-state index in [1.807, 2.05) is 6.08 Å². The molecular formula is C22H38O5. The van der Waals surface area contributed by atoms with Crippen LogP contribution in [0.3, 0.4) is 0 Å². The zero-order chi connectivity index (χ0) is 20.1. The Hall–Kier alpha value is -1.20. The van der Waals surface area contributed by atoms with Gasteiger partial charge in [0.05, 0.1) is 12.2 Å². The highest BCUT2D eigenvalue weighted by Crippen LogP contribution is 2.34. The number of carboxylic acids is 1. The van der Waals surface area contributed by atoms with Crippen LogP contribution in [-0.2, 0) is 9.59 Å². The smallest absolute Gasteiger partial charge is 0.303 e. The number of carbonyl (C=O) groups excluding carboxylic acids is 1. The first-order chi connectivity index (χ1) is 13.0. The maximum Gasteiger partial charge on any atom is 0.303 e. The van der Waals surface area contributed by atoms with Crippen LogP contribution in [0.25, 0.3) is 0 Å². The van der Waals surface area contributed by atoms with Gasteiger partial charge in [-0.15, -0.1) is 0 Å². The van der Waals surface area contributed by atoms with E-state index < -0.39 is 18.2 Å². The third kappa shape index (κ3) is 10.1. The van der Waals surface area contributed by atoms with E-state index in [1.165, 1.54) is 19.3 Å². The highest BCUT2D eigenvalue weighted by atomic mass is 16.4. The fourth-order valence-corrected chi connectivity index (χ4v) is 3.90. The van der Waals surface area contributed by atoms with Crippen LogP contribution < -0.4 is 0 Å². The summed E-state index contributed by atoms with van der Waals surface area (Å²) in [6, 6.07) is 0. The number of aliphatic carboxylic acids is 1. The Kier molecular flexibility index (Phi) is 12.3. The number of hydrogen-bond acceptors (Lipinski definition) is 4. The van der Waals surface area contributed by atoms with E-state index in [9.17, 15) is 19.8 Å². The normalized spacial score (nSPS) is 24.0. The molecule has 0 heterocycles. The molecule has 3 N–H and O–H groups in total. The van der Waals surface area contributed by atoms with Gasteiger partial charge in [0.15, 0.2) is 0 Å². The second-order valence-electron chi connectivity index (χ2n) is 7.92. The van der Waals surface area contributed by atoms with Crippen molar-refractivity contribution in [1.29, 1.82) is 0 Å². The summed E-state index contributed by atoms with van der Waals surface area (Å²) in [4.78, 5) is 22.7. The van der Waals surface area contributed by atoms with Gasteiger partial charge in [0.2, 0.25) is 0 Å². The highest BCUT2D eigenvalue weighted by molar-refractivity contribution is 5.84. The Labute approximate surface area is 163 Å². The number of rotatable bonds is 15. The minimum atomic E-state index is -0.766. The van der Waals surface area contributed by atoms with Crippen molar-refractivity contribution in [2.45, 2.75) is 103 Å². The number of aliphatic hydroxyl groups excluding tert-OH is 2. The van der Waals surface area contributed by atoms with Crippen LogP contribution in [0.1, 0.15) is 90.4 Å². The molecule has 0 saturated heterocycles. The Morgan fingerprint density at radius 3 is 2.48 bits per heavy atom. The third-order valence-corrected chi connectivity index (χ3v) is 5.55. The van der Waals surface area contributed by atoms with Crippen LogP contribution >= 0.6 is 0 Å². The molecule has 0 spiro atoms. The summed E-state index contributed by atoms with van der Waals surface area (Å²) in [7, 11) is 0. The third-order valence-electron chi connectivity index (χ3n) is 5.55. The van der Waals surface area contributed by atoms with Crippen LogP contribution in [0, 0.1) is 11.8 Å². The second kappa shape index (κ2) is 13.9. The van der Waals surface area contributed by atoms with Crippen LogP contribution in [0.4, 0.5) is 0 Å². The predicted octanol–water partition coefficient (Wildman–Crippen LogP) is 4.26. The number of ketones is 1. The van der Waals surface area contributed by atoms with Crippen molar-refractivity contribution in [3.8, 4) is 0 Å². The van der Waals surface area contributed by atoms with Crippen molar-refractivity contribution in [2.75, 3.05) is 0 Å². The summed E-state index contributed by atoms with van der Waals surface area (Å²) < 4.78 is 0. The molecule has 0 aromatic rings. The quantitative estimate of drug-likeness (QED) is 0.291. The van der Waals surface area contributed by atoms with E-state index in [1.54, 1.807) is 6.08 Å². The Morgan fingerprint density at radius 2 is 1.78 bits per heavy atom. The van der Waals surface area contributed by atoms with E-state index in [0.29, 0.717) is 6.42 Å². The number of unbranched alkanes of at least 4 members (excludes halogenated alkanes) is 7. The molecule has 1 saturated carbocycles. The van der Waals surface area contributed by atoms with Gasteiger partial charge in [-0.2, -0.15) is 0 Å². The molecule has 1 unspecified atom stereocenters. The standard InChI is InChI=1S/C22H38O5/c1-2-3-4-5-8-11-17(23)14-15-19-18(20(24)16-21(19)25)12-9-6-7-10-13-22(26)27/h14-15,17-19,21,23,25H,2-13,16H2,1H3,(H,26,27)/b15-14+/t17-,18+,19?,21+/m0/s1. The molecule has 0 aromatic carbocycles. The van der Waals surface area contributed by atoms with Crippen molar-refractivity contribution < 1.29 is 24.9 Å². The van der Waals surface area contributed by atoms with Gasteiger partial charge >= 0.3 is 5.97 Å². The molecule has 1 fully saturated rings. The maximum atomic E-state index is 12.2. The molecule has 5 heteroatoms. The first-order valence-electron chi connectivity index (χ1n) is 10.7. The second-order valence-corrected chi connectivity index (χ2v) is 7.92. The van der Waals surface area contributed by atoms with Gasteiger partial charge in [-0.05, 0) is 19.3 Å². The zero-order valence-corrected chi connectivity index (χ0v) is 16.8. The van der Waals surface area contributed by atoms with Gasteiger partial charge in [0.25, 0.3) is 0 Å². The van der Waals surface area contributed by atoms with Crippen LogP contribution in [-0.4, -0.2) is 39.3 Å². The molecule has 27 heavy (non-hydrogen) atoms. The summed E-state index contributed by atoms with van der Waals surface area (Å²) in [6.45, 7) is 2.18. The summed E-state index contributed by atoms with van der Waals surface area (Å²) in [5.41, 5.74) is 0. The molecule has 0 amide bonds. The number of carbonyl (C=O) groups is 2. The lowest BCUT2D eigenvalue weighted by Gasteiger charge is -2.18. The van der Waals surface area contributed by atoms with E-state index in [4.69, 9.17) is 5.11 Å². The van der Waals surface area contributed by atoms with Crippen molar-refractivity contribution in [1.82, 2.24) is 0 Å². The molecular weight excluding hydrogens is 344 g/mol. The fraction of sp³-hybridized carbons (Fsp3) is 0.818. The largest absolute Gasteiger partial charge is 0.481 e. The number of carboxylic acid groups (broad SMARTS) is 1. The van der Waals surface area contributed by atoms with Crippen LogP contribution in [0.5, 0.6) is 0 Å². The molecule has 0 aromatic heterocycles. The molecule has 0 bridgehead atoms. The molecule has 1 aliphatic rings. The summed E-state index contributed by atoms with van der Waals surface area (Å²) in [6.07, 6.45) is 13.4. The lowest BCUT2D eigenvalue weighted by Crippen LogP contribution is -2.19. The lowest BCUT2D eigenvalue weighted by atomic mass is 9.88. The van der Waals surface area contributed by atoms with Crippen LogP contribution in [0.15, 0.2) is 12.2 Å². The Morgan fingerprint density at radius 1 is 1.11 bits per heavy atom. The Balaban J connectivity index is 2.34. The number of Topliss-reactive ketones (excluding diaryl/α,β-unsaturated/α-hetero) is 1. The van der Waals surface area contributed by atoms with Gasteiger partial charge in [-0.1, -0.05) is 70.4 Å². The molecule has 1 aliphatic carbocycles. The van der Waals surface area contributed by atoms with E-state index >= 15 is 0 Å².